The summed E-state index contributed by atoms with van der Waals surface area (Å²) in [6.45, 7) is 1.82. The van der Waals surface area contributed by atoms with E-state index in [4.69, 9.17) is 14.6 Å². The molecule has 0 aliphatic carbocycles. The number of carboxylic acids is 1. The van der Waals surface area contributed by atoms with Gasteiger partial charge >= 0.3 is 5.97 Å². The smallest absolute Gasteiger partial charge is 0.322 e. The van der Waals surface area contributed by atoms with Gasteiger partial charge in [0.25, 0.3) is 0 Å². The molecule has 26 heavy (non-hydrogen) atoms. The fraction of sp³-hybridized carbons (Fsp3) is 0.375. The Bertz CT molecular complexity index is 798. The third kappa shape index (κ3) is 4.14. The minimum atomic E-state index is -1.06. The first-order valence-corrected chi connectivity index (χ1v) is 7.95. The number of morpholine rings is 1. The molecular formula is C16H18FN5O4. The maximum absolute atomic E-state index is 14.3. The van der Waals surface area contributed by atoms with E-state index in [9.17, 15) is 9.18 Å². The summed E-state index contributed by atoms with van der Waals surface area (Å²) < 4.78 is 24.7. The number of methoxy groups -OCH3 is 1. The number of nitrogens with zero attached hydrogens (tertiary/aromatic N) is 4. The van der Waals surface area contributed by atoms with Gasteiger partial charge in [-0.1, -0.05) is 0 Å². The lowest BCUT2D eigenvalue weighted by atomic mass is 10.2. The van der Waals surface area contributed by atoms with Crippen molar-refractivity contribution in [1.29, 1.82) is 0 Å². The lowest BCUT2D eigenvalue weighted by molar-refractivity contribution is -0.134. The van der Waals surface area contributed by atoms with Gasteiger partial charge < -0.3 is 24.8 Å². The molecule has 10 heteroatoms. The number of anilines is 2. The Kier molecular flexibility index (Phi) is 5.42. The molecule has 1 aromatic heterocycles. The van der Waals surface area contributed by atoms with E-state index in [0.717, 1.165) is 0 Å². The molecule has 1 aromatic carbocycles. The lowest BCUT2D eigenvalue weighted by Gasteiger charge is -2.27. The average molecular weight is 363 g/mol. The summed E-state index contributed by atoms with van der Waals surface area (Å²) in [4.78, 5) is 25.4. The van der Waals surface area contributed by atoms with Crippen LogP contribution in [0.5, 0.6) is 5.75 Å². The zero-order valence-corrected chi connectivity index (χ0v) is 14.1. The summed E-state index contributed by atoms with van der Waals surface area (Å²) in [7, 11) is 1.48. The van der Waals surface area contributed by atoms with Gasteiger partial charge in [0.2, 0.25) is 11.9 Å². The van der Waals surface area contributed by atoms with E-state index in [1.165, 1.54) is 25.3 Å². The Hall–Kier alpha value is -3.01. The molecule has 2 aromatic rings. The summed E-state index contributed by atoms with van der Waals surface area (Å²) in [5, 5.41) is 11.5. The fourth-order valence-corrected chi connectivity index (χ4v) is 2.43. The average Bonchev–Trinajstić information content (AvgIpc) is 2.67. The van der Waals surface area contributed by atoms with E-state index >= 15 is 0 Å². The first kappa shape index (κ1) is 17.8. The van der Waals surface area contributed by atoms with Crippen LogP contribution in [0, 0.1) is 5.82 Å². The maximum atomic E-state index is 14.3. The zero-order chi connectivity index (χ0) is 18.5. The van der Waals surface area contributed by atoms with Crippen molar-refractivity contribution in [1.82, 2.24) is 15.0 Å². The van der Waals surface area contributed by atoms with Crippen molar-refractivity contribution in [2.45, 2.75) is 0 Å². The Balaban J connectivity index is 2.02. The predicted molar refractivity (Wildman–Crippen MR) is 90.9 cm³/mol. The quantitative estimate of drug-likeness (QED) is 0.777. The van der Waals surface area contributed by atoms with E-state index < -0.39 is 11.8 Å². The van der Waals surface area contributed by atoms with Crippen molar-refractivity contribution in [2.24, 2.45) is 0 Å². The summed E-state index contributed by atoms with van der Waals surface area (Å²) in [6.07, 6.45) is 0. The molecule has 0 saturated carbocycles. The monoisotopic (exact) mass is 363 g/mol. The summed E-state index contributed by atoms with van der Waals surface area (Å²) in [5.41, 5.74) is 0.139. The second kappa shape index (κ2) is 7.91. The fourth-order valence-electron chi connectivity index (χ4n) is 2.43. The van der Waals surface area contributed by atoms with Crippen LogP contribution in [0.3, 0.4) is 0 Å². The number of benzene rings is 1. The Morgan fingerprint density at radius 3 is 2.81 bits per heavy atom. The van der Waals surface area contributed by atoms with Gasteiger partial charge in [0.05, 0.1) is 25.9 Å². The second-order valence-electron chi connectivity index (χ2n) is 5.48. The van der Waals surface area contributed by atoms with Gasteiger partial charge in [-0.3, -0.25) is 4.79 Å². The van der Waals surface area contributed by atoms with Crippen LogP contribution in [-0.2, 0) is 9.53 Å². The molecule has 0 radical (unpaired) electrons. The highest BCUT2D eigenvalue weighted by Crippen LogP contribution is 2.26. The van der Waals surface area contributed by atoms with E-state index in [0.29, 0.717) is 38.0 Å². The van der Waals surface area contributed by atoms with Crippen molar-refractivity contribution in [3.8, 4) is 17.1 Å². The molecule has 138 valence electrons. The van der Waals surface area contributed by atoms with Gasteiger partial charge in [-0.25, -0.2) is 4.39 Å². The molecular weight excluding hydrogens is 345 g/mol. The molecule has 3 rings (SSSR count). The van der Waals surface area contributed by atoms with Gasteiger partial charge in [-0.15, -0.1) is 0 Å². The normalized spacial score (nSPS) is 14.2. The molecule has 9 nitrogen and oxygen atoms in total. The molecule has 1 aliphatic heterocycles. The van der Waals surface area contributed by atoms with Crippen LogP contribution in [0.25, 0.3) is 11.4 Å². The molecule has 2 heterocycles. The van der Waals surface area contributed by atoms with Gasteiger partial charge in [0, 0.05) is 13.1 Å². The minimum Gasteiger partial charge on any atom is -0.497 e. The minimum absolute atomic E-state index is 0.0566. The van der Waals surface area contributed by atoms with Gasteiger partial charge in [-0.05, 0) is 18.2 Å². The van der Waals surface area contributed by atoms with E-state index in [1.807, 2.05) is 4.90 Å². The van der Waals surface area contributed by atoms with E-state index in [2.05, 4.69) is 20.3 Å². The topological polar surface area (TPSA) is 110 Å². The third-order valence-electron chi connectivity index (χ3n) is 3.73. The van der Waals surface area contributed by atoms with Gasteiger partial charge in [0.1, 0.15) is 18.1 Å². The first-order chi connectivity index (χ1) is 12.6. The van der Waals surface area contributed by atoms with Crippen molar-refractivity contribution in [2.75, 3.05) is 50.2 Å². The van der Waals surface area contributed by atoms with Crippen LogP contribution >= 0.6 is 0 Å². The Morgan fingerprint density at radius 1 is 1.35 bits per heavy atom. The highest BCUT2D eigenvalue weighted by atomic mass is 19.1. The summed E-state index contributed by atoms with van der Waals surface area (Å²) >= 11 is 0. The van der Waals surface area contributed by atoms with Crippen molar-refractivity contribution < 1.29 is 23.8 Å². The van der Waals surface area contributed by atoms with Crippen molar-refractivity contribution in [3.63, 3.8) is 0 Å². The molecule has 1 fully saturated rings. The molecule has 0 atom stereocenters. The third-order valence-corrected chi connectivity index (χ3v) is 3.73. The lowest BCUT2D eigenvalue weighted by Crippen LogP contribution is -2.37. The van der Waals surface area contributed by atoms with Crippen LogP contribution in [-0.4, -0.2) is 66.0 Å². The van der Waals surface area contributed by atoms with Crippen molar-refractivity contribution in [3.05, 3.63) is 24.0 Å². The molecule has 0 bridgehead atoms. The zero-order valence-electron chi connectivity index (χ0n) is 14.1. The number of aromatic nitrogens is 3. The number of aliphatic carboxylic acids is 1. The van der Waals surface area contributed by atoms with Crippen LogP contribution in [0.1, 0.15) is 0 Å². The van der Waals surface area contributed by atoms with Gasteiger partial charge in [0.15, 0.2) is 5.82 Å². The highest BCUT2D eigenvalue weighted by Gasteiger charge is 2.19. The van der Waals surface area contributed by atoms with Crippen LogP contribution < -0.4 is 15.0 Å². The van der Waals surface area contributed by atoms with Gasteiger partial charge in [-0.2, -0.15) is 15.0 Å². The standard InChI is InChI=1S/C16H18FN5O4/c1-25-10-2-3-12(17)11(8-10)14-19-15(18-9-13(23)24)21-16(20-14)22-4-6-26-7-5-22/h2-3,8H,4-7,9H2,1H3,(H,23,24)(H,18,19,20,21). The Morgan fingerprint density at radius 2 is 2.12 bits per heavy atom. The van der Waals surface area contributed by atoms with Crippen molar-refractivity contribution >= 4 is 17.9 Å². The molecule has 0 spiro atoms. The molecule has 0 unspecified atom stereocenters. The number of carboxylic acid groups (broad SMARTS) is 1. The number of carbonyl (C=O) groups is 1. The number of rotatable bonds is 6. The molecule has 0 amide bonds. The largest absolute Gasteiger partial charge is 0.497 e. The predicted octanol–water partition coefficient (Wildman–Crippen LogP) is 1.02. The second-order valence-corrected chi connectivity index (χ2v) is 5.48. The number of hydrogen-bond acceptors (Lipinski definition) is 8. The molecule has 1 saturated heterocycles. The molecule has 1 aliphatic rings. The SMILES string of the molecule is COc1ccc(F)c(-c2nc(NCC(=O)O)nc(N3CCOCC3)n2)c1. The maximum Gasteiger partial charge on any atom is 0.322 e. The van der Waals surface area contributed by atoms with Crippen LogP contribution in [0.4, 0.5) is 16.3 Å². The van der Waals surface area contributed by atoms with E-state index in [1.54, 1.807) is 0 Å². The summed E-state index contributed by atoms with van der Waals surface area (Å²) in [5.74, 6) is -0.656. The number of nitrogens with one attached hydrogen (secondary N) is 1. The first-order valence-electron chi connectivity index (χ1n) is 7.95. The number of halogens is 1. The number of ether oxygens (including phenoxy) is 2. The molecule has 2 N–H and O–H groups in total. The van der Waals surface area contributed by atoms with E-state index in [-0.39, 0.29) is 23.9 Å². The van der Waals surface area contributed by atoms with Crippen LogP contribution in [0.15, 0.2) is 18.2 Å². The number of hydrogen-bond donors (Lipinski definition) is 2. The highest BCUT2D eigenvalue weighted by molar-refractivity contribution is 5.72. The summed E-state index contributed by atoms with van der Waals surface area (Å²) in [6, 6.07) is 4.23. The van der Waals surface area contributed by atoms with Crippen LogP contribution in [0.2, 0.25) is 0 Å². The Labute approximate surface area is 148 Å².